The molecule has 0 aliphatic rings. The lowest BCUT2D eigenvalue weighted by molar-refractivity contribution is 1.36. The molecule has 11 rings (SSSR count). The zero-order chi connectivity index (χ0) is 38.4. The summed E-state index contributed by atoms with van der Waals surface area (Å²) in [7, 11) is 0. The van der Waals surface area contributed by atoms with E-state index in [4.69, 9.17) is 9.97 Å². The van der Waals surface area contributed by atoms with Crippen LogP contribution in [0.5, 0.6) is 0 Å². The summed E-state index contributed by atoms with van der Waals surface area (Å²) in [6.07, 6.45) is 0. The van der Waals surface area contributed by atoms with Gasteiger partial charge >= 0.3 is 0 Å². The third kappa shape index (κ3) is 5.91. The molecule has 0 amide bonds. The van der Waals surface area contributed by atoms with Gasteiger partial charge in [-0.2, -0.15) is 0 Å². The fourth-order valence-corrected chi connectivity index (χ4v) is 8.58. The largest absolute Gasteiger partial charge is 0.245 e. The van der Waals surface area contributed by atoms with Crippen molar-refractivity contribution < 1.29 is 0 Å². The minimum atomic E-state index is 0.918. The normalized spacial score (nSPS) is 11.4. The summed E-state index contributed by atoms with van der Waals surface area (Å²) in [6.45, 7) is 0. The quantitative estimate of drug-likeness (QED) is 0.125. The molecule has 2 heterocycles. The average molecular weight is 737 g/mol. The standard InChI is InChI=1S/C56H36N2/c1-4-12-40(13-5-1)51-34-31-44-28-29-45-32-35-52(58-56(45)55(44)57-51)41-26-24-38(25-27-41)37-20-22-39(23-21-37)46-30-33-49-50(36-46)54(43-16-8-3-9-17-43)48-19-11-10-18-47(48)53(49)42-14-6-2-7-15-42/h1-36H. The van der Waals surface area contributed by atoms with Crippen molar-refractivity contribution in [1.82, 2.24) is 9.97 Å². The molecule has 0 unspecified atom stereocenters. The molecule has 0 bridgehead atoms. The van der Waals surface area contributed by atoms with Gasteiger partial charge in [0.25, 0.3) is 0 Å². The molecule has 0 radical (unpaired) electrons. The molecule has 2 aromatic heterocycles. The van der Waals surface area contributed by atoms with Gasteiger partial charge in [-0.3, -0.25) is 0 Å². The van der Waals surface area contributed by atoms with Crippen LogP contribution in [0.25, 0.3) is 110 Å². The van der Waals surface area contributed by atoms with Crippen LogP contribution in [0.2, 0.25) is 0 Å². The Balaban J connectivity index is 0.944. The molecule has 0 aliphatic heterocycles. The SMILES string of the molecule is c1ccc(-c2ccc3ccc4ccc(-c5ccc(-c6ccc(-c7ccc8c(-c9ccccc9)c9ccccc9c(-c9ccccc9)c8c7)cc6)cc5)nc4c3n2)cc1. The predicted molar refractivity (Wildman–Crippen MR) is 245 cm³/mol. The van der Waals surface area contributed by atoms with Gasteiger partial charge in [-0.05, 0) is 84.3 Å². The Labute approximate surface area is 337 Å². The number of hydrogen-bond acceptors (Lipinski definition) is 2. The number of fused-ring (bicyclic) bond motifs is 5. The van der Waals surface area contributed by atoms with Crippen LogP contribution < -0.4 is 0 Å². The highest BCUT2D eigenvalue weighted by Gasteiger charge is 2.17. The van der Waals surface area contributed by atoms with Crippen molar-refractivity contribution >= 4 is 43.4 Å². The van der Waals surface area contributed by atoms with Crippen molar-refractivity contribution in [3.8, 4) is 67.0 Å². The number of hydrogen-bond donors (Lipinski definition) is 0. The van der Waals surface area contributed by atoms with Crippen molar-refractivity contribution in [2.45, 2.75) is 0 Å². The maximum absolute atomic E-state index is 5.18. The van der Waals surface area contributed by atoms with Crippen LogP contribution in [-0.2, 0) is 0 Å². The minimum Gasteiger partial charge on any atom is -0.245 e. The van der Waals surface area contributed by atoms with Crippen LogP contribution in [0.1, 0.15) is 0 Å². The zero-order valence-electron chi connectivity index (χ0n) is 31.7. The fraction of sp³-hybridized carbons (Fsp3) is 0. The van der Waals surface area contributed by atoms with Crippen LogP contribution in [0.4, 0.5) is 0 Å². The molecule has 0 aliphatic carbocycles. The van der Waals surface area contributed by atoms with Gasteiger partial charge in [-0.1, -0.05) is 200 Å². The van der Waals surface area contributed by atoms with E-state index in [1.54, 1.807) is 0 Å². The smallest absolute Gasteiger partial charge is 0.0972 e. The average Bonchev–Trinajstić information content (AvgIpc) is 3.31. The summed E-state index contributed by atoms with van der Waals surface area (Å²) < 4.78 is 0. The van der Waals surface area contributed by atoms with Gasteiger partial charge in [-0.25, -0.2) is 9.97 Å². The molecular weight excluding hydrogens is 701 g/mol. The summed E-state index contributed by atoms with van der Waals surface area (Å²) in [5.41, 5.74) is 15.6. The Morgan fingerprint density at radius 2 is 0.569 bits per heavy atom. The van der Waals surface area contributed by atoms with Crippen LogP contribution in [0.3, 0.4) is 0 Å². The minimum absolute atomic E-state index is 0.918. The van der Waals surface area contributed by atoms with Crippen molar-refractivity contribution in [2.75, 3.05) is 0 Å². The Bertz CT molecular complexity index is 3280. The first-order valence-electron chi connectivity index (χ1n) is 19.8. The Morgan fingerprint density at radius 1 is 0.224 bits per heavy atom. The third-order valence-corrected chi connectivity index (χ3v) is 11.5. The topological polar surface area (TPSA) is 25.8 Å². The van der Waals surface area contributed by atoms with Gasteiger partial charge < -0.3 is 0 Å². The van der Waals surface area contributed by atoms with Gasteiger partial charge in [0.2, 0.25) is 0 Å². The first kappa shape index (κ1) is 33.6. The first-order chi connectivity index (χ1) is 28.7. The van der Waals surface area contributed by atoms with E-state index in [2.05, 4.69) is 200 Å². The zero-order valence-corrected chi connectivity index (χ0v) is 31.7. The Hall–Kier alpha value is -7.68. The van der Waals surface area contributed by atoms with Crippen LogP contribution in [0.15, 0.2) is 218 Å². The molecule has 2 nitrogen and oxygen atoms in total. The van der Waals surface area contributed by atoms with E-state index in [1.807, 2.05) is 18.2 Å². The second kappa shape index (κ2) is 14.1. The van der Waals surface area contributed by atoms with E-state index in [-0.39, 0.29) is 0 Å². The molecule has 0 fully saturated rings. The van der Waals surface area contributed by atoms with Gasteiger partial charge in [0.15, 0.2) is 0 Å². The number of nitrogens with zero attached hydrogens (tertiary/aromatic N) is 2. The highest BCUT2D eigenvalue weighted by Crippen LogP contribution is 2.45. The molecule has 0 saturated heterocycles. The molecule has 0 spiro atoms. The second-order valence-corrected chi connectivity index (χ2v) is 14.9. The van der Waals surface area contributed by atoms with Gasteiger partial charge in [-0.15, -0.1) is 0 Å². The number of benzene rings is 9. The van der Waals surface area contributed by atoms with E-state index >= 15 is 0 Å². The highest BCUT2D eigenvalue weighted by molar-refractivity contribution is 6.22. The first-order valence-corrected chi connectivity index (χ1v) is 19.8. The Morgan fingerprint density at radius 3 is 1.07 bits per heavy atom. The molecule has 58 heavy (non-hydrogen) atoms. The number of aromatic nitrogens is 2. The predicted octanol–water partition coefficient (Wildman–Crippen LogP) is 15.1. The highest BCUT2D eigenvalue weighted by atomic mass is 14.8. The molecular formula is C56H36N2. The molecule has 11 aromatic rings. The monoisotopic (exact) mass is 736 g/mol. The molecule has 9 aromatic carbocycles. The fourth-order valence-electron chi connectivity index (χ4n) is 8.58. The maximum atomic E-state index is 5.18. The lowest BCUT2D eigenvalue weighted by Gasteiger charge is -2.18. The summed E-state index contributed by atoms with van der Waals surface area (Å²) >= 11 is 0. The summed E-state index contributed by atoms with van der Waals surface area (Å²) in [5, 5.41) is 7.20. The lowest BCUT2D eigenvalue weighted by Crippen LogP contribution is -1.91. The van der Waals surface area contributed by atoms with E-state index in [9.17, 15) is 0 Å². The van der Waals surface area contributed by atoms with Crippen molar-refractivity contribution in [2.24, 2.45) is 0 Å². The molecule has 0 saturated carbocycles. The van der Waals surface area contributed by atoms with E-state index in [1.165, 1.54) is 66.1 Å². The number of rotatable bonds is 6. The van der Waals surface area contributed by atoms with E-state index < -0.39 is 0 Å². The molecule has 0 atom stereocenters. The second-order valence-electron chi connectivity index (χ2n) is 14.9. The maximum Gasteiger partial charge on any atom is 0.0972 e. The molecule has 270 valence electrons. The Kier molecular flexibility index (Phi) is 8.19. The van der Waals surface area contributed by atoms with Gasteiger partial charge in [0, 0.05) is 21.9 Å². The van der Waals surface area contributed by atoms with Crippen molar-refractivity contribution in [3.05, 3.63) is 218 Å². The van der Waals surface area contributed by atoms with Gasteiger partial charge in [0.05, 0.1) is 22.4 Å². The summed E-state index contributed by atoms with van der Waals surface area (Å²) in [6, 6.07) is 78.2. The van der Waals surface area contributed by atoms with E-state index in [0.29, 0.717) is 0 Å². The van der Waals surface area contributed by atoms with Crippen molar-refractivity contribution in [3.63, 3.8) is 0 Å². The van der Waals surface area contributed by atoms with Gasteiger partial charge in [0.1, 0.15) is 0 Å². The molecule has 2 heteroatoms. The summed E-state index contributed by atoms with van der Waals surface area (Å²) in [4.78, 5) is 10.3. The number of pyridine rings is 2. The lowest BCUT2D eigenvalue weighted by atomic mass is 9.85. The van der Waals surface area contributed by atoms with Crippen LogP contribution >= 0.6 is 0 Å². The third-order valence-electron chi connectivity index (χ3n) is 11.5. The van der Waals surface area contributed by atoms with Crippen molar-refractivity contribution in [1.29, 1.82) is 0 Å². The summed E-state index contributed by atoms with van der Waals surface area (Å²) in [5.74, 6) is 0. The van der Waals surface area contributed by atoms with E-state index in [0.717, 1.165) is 44.3 Å². The molecule has 0 N–H and O–H groups in total. The van der Waals surface area contributed by atoms with Crippen LogP contribution in [0, 0.1) is 0 Å². The van der Waals surface area contributed by atoms with Crippen LogP contribution in [-0.4, -0.2) is 9.97 Å².